The van der Waals surface area contributed by atoms with E-state index < -0.39 is 0 Å². The fourth-order valence-electron chi connectivity index (χ4n) is 1.41. The van der Waals surface area contributed by atoms with Crippen LogP contribution >= 0.6 is 0 Å². The quantitative estimate of drug-likeness (QED) is 0.688. The Bertz CT molecular complexity index is 237. The molecule has 16 heavy (non-hydrogen) atoms. The van der Waals surface area contributed by atoms with Crippen molar-refractivity contribution in [1.29, 1.82) is 0 Å². The number of hydrogen-bond donors (Lipinski definition) is 0. The van der Waals surface area contributed by atoms with E-state index in [2.05, 4.69) is 6.92 Å². The van der Waals surface area contributed by atoms with Crippen molar-refractivity contribution in [2.24, 2.45) is 5.92 Å². The van der Waals surface area contributed by atoms with Gasteiger partial charge in [-0.05, 0) is 18.8 Å². The molecular formula is C12H24N2O2. The Morgan fingerprint density at radius 2 is 1.50 bits per heavy atom. The molecule has 1 unspecified atom stereocenters. The second-order valence-corrected chi connectivity index (χ2v) is 4.78. The molecule has 0 aromatic heterocycles. The third-order valence-corrected chi connectivity index (χ3v) is 2.61. The predicted octanol–water partition coefficient (Wildman–Crippen LogP) is 1.36. The maximum absolute atomic E-state index is 11.4. The lowest BCUT2D eigenvalue weighted by atomic mass is 10.00. The molecule has 0 aromatic carbocycles. The number of carbonyl (C=O) groups excluding carboxylic acids is 2. The van der Waals surface area contributed by atoms with Gasteiger partial charge in [0.25, 0.3) is 0 Å². The number of carbonyl (C=O) groups is 2. The maximum atomic E-state index is 11.4. The molecule has 4 heteroatoms. The maximum Gasteiger partial charge on any atom is 0.222 e. The zero-order valence-corrected chi connectivity index (χ0v) is 11.1. The van der Waals surface area contributed by atoms with Gasteiger partial charge in [0, 0.05) is 41.0 Å². The molecule has 0 saturated heterocycles. The number of hydrogen-bond acceptors (Lipinski definition) is 2. The lowest BCUT2D eigenvalue weighted by Crippen LogP contribution is -2.24. The van der Waals surface area contributed by atoms with Crippen molar-refractivity contribution in [3.63, 3.8) is 0 Å². The van der Waals surface area contributed by atoms with Gasteiger partial charge in [-0.3, -0.25) is 9.59 Å². The zero-order chi connectivity index (χ0) is 12.7. The van der Waals surface area contributed by atoms with Crippen LogP contribution in [-0.2, 0) is 9.59 Å². The van der Waals surface area contributed by atoms with E-state index in [9.17, 15) is 9.59 Å². The van der Waals surface area contributed by atoms with Crippen LogP contribution in [0.4, 0.5) is 0 Å². The molecule has 0 N–H and O–H groups in total. The second kappa shape index (κ2) is 7.25. The Balaban J connectivity index is 3.70. The Hall–Kier alpha value is -1.06. The third-order valence-electron chi connectivity index (χ3n) is 2.61. The van der Waals surface area contributed by atoms with Crippen molar-refractivity contribution >= 4 is 11.8 Å². The summed E-state index contributed by atoms with van der Waals surface area (Å²) < 4.78 is 0. The van der Waals surface area contributed by atoms with E-state index >= 15 is 0 Å². The highest BCUT2D eigenvalue weighted by Gasteiger charge is 2.11. The van der Waals surface area contributed by atoms with Gasteiger partial charge < -0.3 is 9.80 Å². The molecule has 0 aliphatic rings. The highest BCUT2D eigenvalue weighted by atomic mass is 16.2. The van der Waals surface area contributed by atoms with E-state index in [1.807, 2.05) is 0 Å². The van der Waals surface area contributed by atoms with Crippen LogP contribution < -0.4 is 0 Å². The van der Waals surface area contributed by atoms with Crippen LogP contribution in [0.15, 0.2) is 0 Å². The van der Waals surface area contributed by atoms with E-state index in [0.717, 1.165) is 12.8 Å². The molecule has 0 spiro atoms. The van der Waals surface area contributed by atoms with E-state index in [-0.39, 0.29) is 11.8 Å². The van der Waals surface area contributed by atoms with Crippen LogP contribution in [-0.4, -0.2) is 49.8 Å². The SMILES string of the molecule is CC(CCCC(=O)N(C)C)CC(=O)N(C)C. The molecule has 0 aliphatic heterocycles. The van der Waals surface area contributed by atoms with Gasteiger partial charge in [-0.2, -0.15) is 0 Å². The zero-order valence-electron chi connectivity index (χ0n) is 11.1. The van der Waals surface area contributed by atoms with Gasteiger partial charge in [-0.1, -0.05) is 6.92 Å². The molecule has 0 aromatic rings. The molecule has 0 rings (SSSR count). The summed E-state index contributed by atoms with van der Waals surface area (Å²) >= 11 is 0. The lowest BCUT2D eigenvalue weighted by Gasteiger charge is -2.15. The summed E-state index contributed by atoms with van der Waals surface area (Å²) in [5.41, 5.74) is 0. The first-order chi connectivity index (χ1) is 7.34. The summed E-state index contributed by atoms with van der Waals surface area (Å²) in [7, 11) is 7.07. The summed E-state index contributed by atoms with van der Waals surface area (Å²) in [5.74, 6) is 0.669. The highest BCUT2D eigenvalue weighted by Crippen LogP contribution is 2.13. The molecule has 1 atom stereocenters. The van der Waals surface area contributed by atoms with Crippen LogP contribution in [0.25, 0.3) is 0 Å². The van der Waals surface area contributed by atoms with Gasteiger partial charge in [0.2, 0.25) is 11.8 Å². The molecular weight excluding hydrogens is 204 g/mol. The number of nitrogens with zero attached hydrogens (tertiary/aromatic N) is 2. The molecule has 0 fully saturated rings. The van der Waals surface area contributed by atoms with Gasteiger partial charge in [0.1, 0.15) is 0 Å². The largest absolute Gasteiger partial charge is 0.349 e. The first-order valence-corrected chi connectivity index (χ1v) is 5.75. The molecule has 4 nitrogen and oxygen atoms in total. The summed E-state index contributed by atoms with van der Waals surface area (Å²) in [6.07, 6.45) is 2.94. The monoisotopic (exact) mass is 228 g/mol. The van der Waals surface area contributed by atoms with Gasteiger partial charge >= 0.3 is 0 Å². The predicted molar refractivity (Wildman–Crippen MR) is 65.0 cm³/mol. The normalized spacial score (nSPS) is 12.1. The van der Waals surface area contributed by atoms with E-state index in [1.54, 1.807) is 38.0 Å². The lowest BCUT2D eigenvalue weighted by molar-refractivity contribution is -0.129. The standard InChI is InChI=1S/C12H24N2O2/c1-10(9-12(16)14(4)5)7-6-8-11(15)13(2)3/h10H,6-9H2,1-5H3. The van der Waals surface area contributed by atoms with E-state index in [1.165, 1.54) is 0 Å². The molecule has 94 valence electrons. The fraction of sp³-hybridized carbons (Fsp3) is 0.833. The van der Waals surface area contributed by atoms with Crippen molar-refractivity contribution in [3.05, 3.63) is 0 Å². The van der Waals surface area contributed by atoms with Crippen molar-refractivity contribution in [2.45, 2.75) is 32.6 Å². The number of rotatable bonds is 6. The average Bonchev–Trinajstić information content (AvgIpc) is 2.16. The molecule has 0 aliphatic carbocycles. The molecule has 0 heterocycles. The minimum absolute atomic E-state index is 0.158. The molecule has 0 saturated carbocycles. The Morgan fingerprint density at radius 1 is 1.00 bits per heavy atom. The van der Waals surface area contributed by atoms with Gasteiger partial charge in [0.05, 0.1) is 0 Å². The first kappa shape index (κ1) is 14.9. The Morgan fingerprint density at radius 3 is 1.94 bits per heavy atom. The third kappa shape index (κ3) is 6.43. The van der Waals surface area contributed by atoms with E-state index in [4.69, 9.17) is 0 Å². The molecule has 0 radical (unpaired) electrons. The second-order valence-electron chi connectivity index (χ2n) is 4.78. The average molecular weight is 228 g/mol. The van der Waals surface area contributed by atoms with Crippen molar-refractivity contribution in [3.8, 4) is 0 Å². The molecule has 2 amide bonds. The van der Waals surface area contributed by atoms with Crippen molar-refractivity contribution < 1.29 is 9.59 Å². The van der Waals surface area contributed by atoms with Gasteiger partial charge in [0.15, 0.2) is 0 Å². The van der Waals surface area contributed by atoms with Crippen LogP contribution in [0.2, 0.25) is 0 Å². The van der Waals surface area contributed by atoms with E-state index in [0.29, 0.717) is 18.8 Å². The van der Waals surface area contributed by atoms with Crippen LogP contribution in [0.1, 0.15) is 32.6 Å². The van der Waals surface area contributed by atoms with Gasteiger partial charge in [-0.25, -0.2) is 0 Å². The fourth-order valence-corrected chi connectivity index (χ4v) is 1.41. The van der Waals surface area contributed by atoms with Gasteiger partial charge in [-0.15, -0.1) is 0 Å². The summed E-state index contributed by atoms with van der Waals surface area (Å²) in [4.78, 5) is 25.9. The summed E-state index contributed by atoms with van der Waals surface area (Å²) in [6.45, 7) is 2.06. The first-order valence-electron chi connectivity index (χ1n) is 5.75. The topological polar surface area (TPSA) is 40.6 Å². The Kier molecular flexibility index (Phi) is 6.77. The number of amides is 2. The smallest absolute Gasteiger partial charge is 0.222 e. The minimum atomic E-state index is 0.158. The Labute approximate surface area is 98.6 Å². The van der Waals surface area contributed by atoms with Crippen LogP contribution in [0.5, 0.6) is 0 Å². The van der Waals surface area contributed by atoms with Crippen LogP contribution in [0, 0.1) is 5.92 Å². The van der Waals surface area contributed by atoms with Crippen LogP contribution in [0.3, 0.4) is 0 Å². The van der Waals surface area contributed by atoms with Crippen molar-refractivity contribution in [2.75, 3.05) is 28.2 Å². The molecule has 0 bridgehead atoms. The van der Waals surface area contributed by atoms with Crippen molar-refractivity contribution in [1.82, 2.24) is 9.80 Å². The summed E-state index contributed by atoms with van der Waals surface area (Å²) in [6, 6.07) is 0. The minimum Gasteiger partial charge on any atom is -0.349 e. The highest BCUT2D eigenvalue weighted by molar-refractivity contribution is 5.76. The summed E-state index contributed by atoms with van der Waals surface area (Å²) in [5, 5.41) is 0.